The Morgan fingerprint density at radius 2 is 2.06 bits per heavy atom. The van der Waals surface area contributed by atoms with E-state index in [4.69, 9.17) is 17.3 Å². The van der Waals surface area contributed by atoms with Gasteiger partial charge in [0.25, 0.3) is 5.56 Å². The molecule has 2 rings (SSSR count). The summed E-state index contributed by atoms with van der Waals surface area (Å²) in [5.74, 6) is 0. The Morgan fingerprint density at radius 3 is 2.69 bits per heavy atom. The molecule has 1 aromatic carbocycles. The van der Waals surface area contributed by atoms with Gasteiger partial charge < -0.3 is 10.7 Å². The molecule has 16 heavy (non-hydrogen) atoms. The Hall–Kier alpha value is -1.03. The fourth-order valence-electron chi connectivity index (χ4n) is 1.53. The van der Waals surface area contributed by atoms with Crippen LogP contribution in [0.4, 0.5) is 0 Å². The van der Waals surface area contributed by atoms with Crippen molar-refractivity contribution in [2.45, 2.75) is 13.0 Å². The van der Waals surface area contributed by atoms with E-state index in [0.29, 0.717) is 10.6 Å². The van der Waals surface area contributed by atoms with E-state index in [1.165, 1.54) is 0 Å². The molecular formula is C11H12Cl2N2O. The van der Waals surface area contributed by atoms with Gasteiger partial charge in [-0.3, -0.25) is 4.79 Å². The van der Waals surface area contributed by atoms with Gasteiger partial charge >= 0.3 is 0 Å². The van der Waals surface area contributed by atoms with Crippen LogP contribution in [0.3, 0.4) is 0 Å². The highest BCUT2D eigenvalue weighted by molar-refractivity contribution is 6.31. The van der Waals surface area contributed by atoms with Crippen molar-refractivity contribution in [1.82, 2.24) is 4.98 Å². The summed E-state index contributed by atoms with van der Waals surface area (Å²) < 4.78 is 0. The van der Waals surface area contributed by atoms with Crippen LogP contribution < -0.4 is 11.3 Å². The molecule has 5 heteroatoms. The van der Waals surface area contributed by atoms with E-state index in [1.54, 1.807) is 31.2 Å². The molecule has 0 spiro atoms. The van der Waals surface area contributed by atoms with Crippen LogP contribution in [0, 0.1) is 0 Å². The van der Waals surface area contributed by atoms with E-state index < -0.39 is 0 Å². The van der Waals surface area contributed by atoms with Crippen LogP contribution in [0.1, 0.15) is 18.5 Å². The predicted molar refractivity (Wildman–Crippen MR) is 69.4 cm³/mol. The molecule has 3 nitrogen and oxygen atoms in total. The van der Waals surface area contributed by atoms with Crippen molar-refractivity contribution in [3.8, 4) is 0 Å². The number of pyridine rings is 1. The maximum atomic E-state index is 11.6. The number of fused-ring (bicyclic) bond motifs is 1. The van der Waals surface area contributed by atoms with Gasteiger partial charge in [0.05, 0.1) is 0 Å². The lowest BCUT2D eigenvalue weighted by atomic mass is 10.1. The minimum absolute atomic E-state index is 0. The Bertz CT molecular complexity index is 563. The van der Waals surface area contributed by atoms with Crippen LogP contribution in [0.25, 0.3) is 10.9 Å². The first-order valence-corrected chi connectivity index (χ1v) is 5.04. The summed E-state index contributed by atoms with van der Waals surface area (Å²) >= 11 is 5.87. The Morgan fingerprint density at radius 1 is 1.38 bits per heavy atom. The zero-order valence-corrected chi connectivity index (χ0v) is 10.2. The van der Waals surface area contributed by atoms with Crippen LogP contribution in [0.2, 0.25) is 5.02 Å². The van der Waals surface area contributed by atoms with Crippen molar-refractivity contribution in [1.29, 1.82) is 0 Å². The molecule has 1 atom stereocenters. The van der Waals surface area contributed by atoms with Gasteiger partial charge in [-0.2, -0.15) is 0 Å². The van der Waals surface area contributed by atoms with E-state index in [-0.39, 0.29) is 24.0 Å². The first-order valence-electron chi connectivity index (χ1n) is 4.66. The summed E-state index contributed by atoms with van der Waals surface area (Å²) in [7, 11) is 0. The van der Waals surface area contributed by atoms with E-state index in [1.807, 2.05) is 0 Å². The van der Waals surface area contributed by atoms with Gasteiger partial charge in [0, 0.05) is 27.5 Å². The normalized spacial score (nSPS) is 12.2. The summed E-state index contributed by atoms with van der Waals surface area (Å²) in [5, 5.41) is 1.54. The lowest BCUT2D eigenvalue weighted by Crippen LogP contribution is -2.19. The van der Waals surface area contributed by atoms with Crippen LogP contribution in [-0.2, 0) is 0 Å². The standard InChI is InChI=1S/C11H11ClN2O.ClH/c1-6(13)9-5-7-4-8(12)2-3-10(7)14-11(9)15;/h2-6H,13H2,1H3,(H,14,15);1H/t6-;/m0./s1. The van der Waals surface area contributed by atoms with Crippen molar-refractivity contribution < 1.29 is 0 Å². The van der Waals surface area contributed by atoms with Gasteiger partial charge in [0.2, 0.25) is 0 Å². The predicted octanol–water partition coefficient (Wildman–Crippen LogP) is 2.62. The molecule has 1 aromatic heterocycles. The minimum Gasteiger partial charge on any atom is -0.324 e. The number of aromatic nitrogens is 1. The number of benzene rings is 1. The monoisotopic (exact) mass is 258 g/mol. The Kier molecular flexibility index (Phi) is 3.97. The average molecular weight is 259 g/mol. The fraction of sp³-hybridized carbons (Fsp3) is 0.182. The van der Waals surface area contributed by atoms with Gasteiger partial charge in [0.1, 0.15) is 0 Å². The summed E-state index contributed by atoms with van der Waals surface area (Å²) in [6.45, 7) is 1.78. The molecule has 0 amide bonds. The van der Waals surface area contributed by atoms with E-state index in [0.717, 1.165) is 10.9 Å². The minimum atomic E-state index is -0.280. The molecule has 0 unspecified atom stereocenters. The van der Waals surface area contributed by atoms with Crippen molar-refractivity contribution in [2.75, 3.05) is 0 Å². The molecular weight excluding hydrogens is 247 g/mol. The van der Waals surface area contributed by atoms with E-state index >= 15 is 0 Å². The highest BCUT2D eigenvalue weighted by Gasteiger charge is 2.06. The van der Waals surface area contributed by atoms with Crippen molar-refractivity contribution in [3.05, 3.63) is 45.2 Å². The molecule has 0 bridgehead atoms. The fourth-order valence-corrected chi connectivity index (χ4v) is 1.71. The SMILES string of the molecule is C[C@H](N)c1cc2cc(Cl)ccc2[nH]c1=O.Cl. The second-order valence-corrected chi connectivity index (χ2v) is 4.01. The molecule has 0 saturated carbocycles. The molecule has 2 aromatic rings. The Balaban J connectivity index is 0.00000128. The average Bonchev–Trinajstić information content (AvgIpc) is 2.17. The second kappa shape index (κ2) is 4.87. The van der Waals surface area contributed by atoms with Crippen molar-refractivity contribution >= 4 is 34.9 Å². The number of aromatic amines is 1. The molecule has 0 aliphatic heterocycles. The molecule has 0 aliphatic rings. The summed E-state index contributed by atoms with van der Waals surface area (Å²) in [6, 6.07) is 6.83. The first kappa shape index (κ1) is 13.0. The van der Waals surface area contributed by atoms with Gasteiger partial charge in [-0.25, -0.2) is 0 Å². The number of rotatable bonds is 1. The van der Waals surface area contributed by atoms with Gasteiger partial charge in [-0.15, -0.1) is 12.4 Å². The number of nitrogens with two attached hydrogens (primary N) is 1. The lowest BCUT2D eigenvalue weighted by Gasteiger charge is -2.06. The highest BCUT2D eigenvalue weighted by Crippen LogP contribution is 2.18. The molecule has 0 saturated heterocycles. The molecule has 0 aliphatic carbocycles. The number of halogens is 2. The zero-order valence-electron chi connectivity index (χ0n) is 8.66. The van der Waals surface area contributed by atoms with Crippen LogP contribution in [-0.4, -0.2) is 4.98 Å². The molecule has 1 heterocycles. The van der Waals surface area contributed by atoms with Crippen LogP contribution >= 0.6 is 24.0 Å². The molecule has 3 N–H and O–H groups in total. The van der Waals surface area contributed by atoms with E-state index in [9.17, 15) is 4.79 Å². The topological polar surface area (TPSA) is 58.9 Å². The first-order chi connectivity index (χ1) is 7.08. The number of nitrogens with one attached hydrogen (secondary N) is 1. The van der Waals surface area contributed by atoms with Crippen molar-refractivity contribution in [2.24, 2.45) is 5.73 Å². The smallest absolute Gasteiger partial charge is 0.253 e. The number of hydrogen-bond donors (Lipinski definition) is 2. The van der Waals surface area contributed by atoms with E-state index in [2.05, 4.69) is 4.98 Å². The number of hydrogen-bond acceptors (Lipinski definition) is 2. The summed E-state index contributed by atoms with van der Waals surface area (Å²) in [4.78, 5) is 14.4. The highest BCUT2D eigenvalue weighted by atomic mass is 35.5. The third-order valence-corrected chi connectivity index (χ3v) is 2.56. The third-order valence-electron chi connectivity index (χ3n) is 2.33. The quantitative estimate of drug-likeness (QED) is 0.827. The molecule has 0 fully saturated rings. The second-order valence-electron chi connectivity index (χ2n) is 3.57. The number of H-pyrrole nitrogens is 1. The van der Waals surface area contributed by atoms with Crippen LogP contribution in [0.5, 0.6) is 0 Å². The van der Waals surface area contributed by atoms with Crippen LogP contribution in [0.15, 0.2) is 29.1 Å². The third kappa shape index (κ3) is 2.38. The lowest BCUT2D eigenvalue weighted by molar-refractivity contribution is 0.804. The maximum absolute atomic E-state index is 11.6. The Labute approximate surface area is 104 Å². The largest absolute Gasteiger partial charge is 0.324 e. The zero-order chi connectivity index (χ0) is 11.0. The summed E-state index contributed by atoms with van der Waals surface area (Å²) in [5.41, 5.74) is 6.90. The summed E-state index contributed by atoms with van der Waals surface area (Å²) in [6.07, 6.45) is 0. The van der Waals surface area contributed by atoms with Crippen molar-refractivity contribution in [3.63, 3.8) is 0 Å². The molecule has 0 radical (unpaired) electrons. The van der Waals surface area contributed by atoms with Gasteiger partial charge in [-0.05, 0) is 31.2 Å². The molecule has 86 valence electrons. The van der Waals surface area contributed by atoms with Gasteiger partial charge in [-0.1, -0.05) is 11.6 Å². The van der Waals surface area contributed by atoms with Gasteiger partial charge in [0.15, 0.2) is 0 Å². The maximum Gasteiger partial charge on any atom is 0.253 e.